The zero-order valence-electron chi connectivity index (χ0n) is 12.6. The monoisotopic (exact) mass is 291 g/mol. The predicted molar refractivity (Wildman–Crippen MR) is 85.6 cm³/mol. The highest BCUT2D eigenvalue weighted by atomic mass is 16.1. The number of aryl methyl sites for hydroxylation is 1. The molecule has 2 rings (SSSR count). The van der Waals surface area contributed by atoms with Crippen LogP contribution in [-0.4, -0.2) is 10.9 Å². The van der Waals surface area contributed by atoms with Gasteiger partial charge in [0.2, 0.25) is 0 Å². The van der Waals surface area contributed by atoms with Gasteiger partial charge in [-0.3, -0.25) is 9.78 Å². The summed E-state index contributed by atoms with van der Waals surface area (Å²) in [5, 5.41) is 12.0. The lowest BCUT2D eigenvalue weighted by Crippen LogP contribution is -2.27. The molecule has 0 aliphatic heterocycles. The van der Waals surface area contributed by atoms with Crippen LogP contribution >= 0.6 is 0 Å². The lowest BCUT2D eigenvalue weighted by molar-refractivity contribution is -0.117. The van der Waals surface area contributed by atoms with Crippen LogP contribution in [-0.2, 0) is 4.79 Å². The fourth-order valence-corrected chi connectivity index (χ4v) is 2.04. The van der Waals surface area contributed by atoms with Crippen LogP contribution < -0.4 is 5.32 Å². The third-order valence-corrected chi connectivity index (χ3v) is 3.21. The fourth-order valence-electron chi connectivity index (χ4n) is 2.04. The molecule has 0 saturated carbocycles. The average molecular weight is 291 g/mol. The lowest BCUT2D eigenvalue weighted by atomic mass is 10.1. The van der Waals surface area contributed by atoms with Gasteiger partial charge in [0.1, 0.15) is 11.6 Å². The van der Waals surface area contributed by atoms with Crippen molar-refractivity contribution in [1.29, 1.82) is 5.26 Å². The van der Waals surface area contributed by atoms with Crippen molar-refractivity contribution in [2.24, 2.45) is 0 Å². The molecular weight excluding hydrogens is 274 g/mol. The van der Waals surface area contributed by atoms with Crippen molar-refractivity contribution in [1.82, 2.24) is 10.3 Å². The Morgan fingerprint density at radius 2 is 1.95 bits per heavy atom. The van der Waals surface area contributed by atoms with Crippen molar-refractivity contribution in [3.63, 3.8) is 0 Å². The van der Waals surface area contributed by atoms with E-state index in [2.05, 4.69) is 10.3 Å². The summed E-state index contributed by atoms with van der Waals surface area (Å²) in [6.45, 7) is 3.74. The molecule has 110 valence electrons. The minimum Gasteiger partial charge on any atom is -0.345 e. The molecule has 0 saturated heterocycles. The maximum absolute atomic E-state index is 12.2. The van der Waals surface area contributed by atoms with Crippen molar-refractivity contribution in [2.45, 2.75) is 19.9 Å². The van der Waals surface area contributed by atoms with Gasteiger partial charge in [0.25, 0.3) is 5.91 Å². The maximum atomic E-state index is 12.2. The molecule has 1 amide bonds. The Morgan fingerprint density at radius 1 is 1.23 bits per heavy atom. The number of carbonyl (C=O) groups excluding carboxylic acids is 1. The molecule has 1 heterocycles. The van der Waals surface area contributed by atoms with Crippen molar-refractivity contribution >= 4 is 12.0 Å². The summed E-state index contributed by atoms with van der Waals surface area (Å²) in [6, 6.07) is 16.8. The highest BCUT2D eigenvalue weighted by Gasteiger charge is 2.13. The van der Waals surface area contributed by atoms with Crippen LogP contribution in [0.3, 0.4) is 0 Å². The number of amides is 1. The molecule has 0 aliphatic rings. The number of hydrogen-bond donors (Lipinski definition) is 1. The number of pyridine rings is 1. The average Bonchev–Trinajstić information content (AvgIpc) is 2.53. The van der Waals surface area contributed by atoms with Gasteiger partial charge in [0.15, 0.2) is 0 Å². The fraction of sp³-hybridized carbons (Fsp3) is 0.167. The molecule has 0 bridgehead atoms. The molecule has 22 heavy (non-hydrogen) atoms. The normalized spacial score (nSPS) is 12.3. The number of nitrogens with zero attached hydrogens (tertiary/aromatic N) is 2. The lowest BCUT2D eigenvalue weighted by Gasteiger charge is -2.13. The number of hydrogen-bond acceptors (Lipinski definition) is 3. The number of nitrogens with one attached hydrogen (secondary N) is 1. The Balaban J connectivity index is 2.14. The van der Waals surface area contributed by atoms with E-state index in [-0.39, 0.29) is 11.6 Å². The highest BCUT2D eigenvalue weighted by Crippen LogP contribution is 2.13. The first kappa shape index (κ1) is 15.5. The quantitative estimate of drug-likeness (QED) is 0.695. The van der Waals surface area contributed by atoms with Crippen molar-refractivity contribution < 1.29 is 4.79 Å². The Hall–Kier alpha value is -2.93. The van der Waals surface area contributed by atoms with E-state index in [0.717, 1.165) is 11.3 Å². The second kappa shape index (κ2) is 7.19. The number of nitriles is 1. The van der Waals surface area contributed by atoms with E-state index < -0.39 is 5.91 Å². The molecule has 0 spiro atoms. The second-order valence-corrected chi connectivity index (χ2v) is 4.98. The van der Waals surface area contributed by atoms with E-state index >= 15 is 0 Å². The molecule has 4 heteroatoms. The van der Waals surface area contributed by atoms with Gasteiger partial charge < -0.3 is 5.32 Å². The number of benzene rings is 1. The van der Waals surface area contributed by atoms with E-state index in [0.29, 0.717) is 5.69 Å². The zero-order chi connectivity index (χ0) is 15.9. The summed E-state index contributed by atoms with van der Waals surface area (Å²) in [5.74, 6) is -0.401. The Morgan fingerprint density at radius 3 is 2.59 bits per heavy atom. The largest absolute Gasteiger partial charge is 0.345 e. The van der Waals surface area contributed by atoms with Gasteiger partial charge in [-0.15, -0.1) is 0 Å². The summed E-state index contributed by atoms with van der Waals surface area (Å²) in [5.41, 5.74) is 2.46. The van der Waals surface area contributed by atoms with Crippen LogP contribution in [0.2, 0.25) is 0 Å². The first-order valence-corrected chi connectivity index (χ1v) is 7.01. The molecule has 1 atom stereocenters. The molecule has 2 aromatic rings. The Labute approximate surface area is 130 Å². The van der Waals surface area contributed by atoms with E-state index in [1.165, 1.54) is 6.08 Å². The molecule has 4 nitrogen and oxygen atoms in total. The van der Waals surface area contributed by atoms with Crippen LogP contribution in [0.25, 0.3) is 6.08 Å². The van der Waals surface area contributed by atoms with Crippen LogP contribution in [0.5, 0.6) is 0 Å². The van der Waals surface area contributed by atoms with Gasteiger partial charge in [0, 0.05) is 5.69 Å². The topological polar surface area (TPSA) is 65.8 Å². The molecule has 0 radical (unpaired) electrons. The summed E-state index contributed by atoms with van der Waals surface area (Å²) in [6.07, 6.45) is 1.50. The van der Waals surface area contributed by atoms with Crippen molar-refractivity contribution in [3.05, 3.63) is 71.1 Å². The van der Waals surface area contributed by atoms with Crippen LogP contribution in [0.15, 0.2) is 54.1 Å². The SMILES string of the molecule is Cc1cccc(/C=C(\C#N)C(=O)N[C@H](C)c2ccccc2)n1. The van der Waals surface area contributed by atoms with E-state index in [4.69, 9.17) is 0 Å². The minimum absolute atomic E-state index is 0.0425. The highest BCUT2D eigenvalue weighted by molar-refractivity contribution is 6.01. The molecular formula is C18H17N3O. The minimum atomic E-state index is -0.401. The zero-order valence-corrected chi connectivity index (χ0v) is 12.6. The van der Waals surface area contributed by atoms with Crippen molar-refractivity contribution in [3.8, 4) is 6.07 Å². The number of rotatable bonds is 4. The van der Waals surface area contributed by atoms with Gasteiger partial charge in [-0.2, -0.15) is 5.26 Å². The van der Waals surface area contributed by atoms with Gasteiger partial charge >= 0.3 is 0 Å². The molecule has 1 aromatic heterocycles. The van der Waals surface area contributed by atoms with E-state index in [1.807, 2.05) is 62.4 Å². The third kappa shape index (κ3) is 4.03. The van der Waals surface area contributed by atoms with E-state index in [1.54, 1.807) is 6.07 Å². The summed E-state index contributed by atoms with van der Waals surface area (Å²) in [4.78, 5) is 16.5. The van der Waals surface area contributed by atoms with Crippen LogP contribution in [0.4, 0.5) is 0 Å². The smallest absolute Gasteiger partial charge is 0.262 e. The maximum Gasteiger partial charge on any atom is 0.262 e. The standard InChI is InChI=1S/C18H17N3O/c1-13-7-6-10-17(20-13)11-16(12-19)18(22)21-14(2)15-8-4-3-5-9-15/h3-11,14H,1-2H3,(H,21,22)/b16-11+/t14-/m1/s1. The van der Waals surface area contributed by atoms with E-state index in [9.17, 15) is 10.1 Å². The van der Waals surface area contributed by atoms with Crippen LogP contribution in [0.1, 0.15) is 29.9 Å². The molecule has 0 fully saturated rings. The van der Waals surface area contributed by atoms with Gasteiger partial charge in [-0.25, -0.2) is 0 Å². The summed E-state index contributed by atoms with van der Waals surface area (Å²) in [7, 11) is 0. The summed E-state index contributed by atoms with van der Waals surface area (Å²) >= 11 is 0. The van der Waals surface area contributed by atoms with Crippen molar-refractivity contribution in [2.75, 3.05) is 0 Å². The van der Waals surface area contributed by atoms with Gasteiger partial charge in [-0.1, -0.05) is 36.4 Å². The Kier molecular flexibility index (Phi) is 5.05. The molecule has 0 aliphatic carbocycles. The number of carbonyl (C=O) groups is 1. The molecule has 0 unspecified atom stereocenters. The second-order valence-electron chi connectivity index (χ2n) is 4.98. The molecule has 1 N–H and O–H groups in total. The van der Waals surface area contributed by atoms with Gasteiger partial charge in [0.05, 0.1) is 11.7 Å². The number of aromatic nitrogens is 1. The van der Waals surface area contributed by atoms with Crippen LogP contribution in [0, 0.1) is 18.3 Å². The first-order valence-electron chi connectivity index (χ1n) is 7.01. The summed E-state index contributed by atoms with van der Waals surface area (Å²) < 4.78 is 0. The first-order chi connectivity index (χ1) is 10.6. The van der Waals surface area contributed by atoms with Gasteiger partial charge in [-0.05, 0) is 37.6 Å². The third-order valence-electron chi connectivity index (χ3n) is 3.21. The molecule has 1 aromatic carbocycles. The predicted octanol–water partition coefficient (Wildman–Crippen LogP) is 3.17. The Bertz CT molecular complexity index is 729.